The van der Waals surface area contributed by atoms with Crippen molar-refractivity contribution in [3.8, 4) is 0 Å². The van der Waals surface area contributed by atoms with E-state index in [4.69, 9.17) is 5.73 Å². The molecule has 3 nitrogen and oxygen atoms in total. The Bertz CT molecular complexity index is 185. The zero-order chi connectivity index (χ0) is 12.1. The van der Waals surface area contributed by atoms with E-state index in [1.807, 2.05) is 0 Å². The third-order valence-corrected chi connectivity index (χ3v) is 1.41. The highest BCUT2D eigenvalue weighted by molar-refractivity contribution is 4.75. The fourth-order valence-corrected chi connectivity index (χ4v) is 0.683. The second-order valence-corrected chi connectivity index (χ2v) is 2.93. The summed E-state index contributed by atoms with van der Waals surface area (Å²) in [5, 5.41) is 0. The SMILES string of the molecule is COCC(N)COCC(F)(F)C(F)(F)F. The molecule has 0 amide bonds. The van der Waals surface area contributed by atoms with Crippen LogP contribution in [0.2, 0.25) is 0 Å². The molecule has 1 atom stereocenters. The third-order valence-electron chi connectivity index (χ3n) is 1.41. The molecule has 0 spiro atoms. The first-order valence-electron chi connectivity index (χ1n) is 3.97. The van der Waals surface area contributed by atoms with Crippen molar-refractivity contribution < 1.29 is 31.4 Å². The second kappa shape index (κ2) is 5.57. The van der Waals surface area contributed by atoms with Gasteiger partial charge in [0.05, 0.1) is 19.3 Å². The smallest absolute Gasteiger partial charge is 0.383 e. The molecular weight excluding hydrogens is 225 g/mol. The van der Waals surface area contributed by atoms with Gasteiger partial charge in [0.15, 0.2) is 0 Å². The Morgan fingerprint density at radius 1 is 1.13 bits per heavy atom. The minimum absolute atomic E-state index is 0.0254. The molecule has 0 saturated heterocycles. The molecule has 15 heavy (non-hydrogen) atoms. The Morgan fingerprint density at radius 2 is 1.67 bits per heavy atom. The minimum atomic E-state index is -5.60. The quantitative estimate of drug-likeness (QED) is 0.705. The average Bonchev–Trinajstić information content (AvgIpc) is 2.01. The first-order valence-corrected chi connectivity index (χ1v) is 3.97. The molecule has 0 saturated carbocycles. The Labute approximate surface area is 83.3 Å². The van der Waals surface area contributed by atoms with Gasteiger partial charge < -0.3 is 15.2 Å². The lowest BCUT2D eigenvalue weighted by molar-refractivity contribution is -0.297. The third kappa shape index (κ3) is 5.24. The predicted octanol–water partition coefficient (Wildman–Crippen LogP) is 1.17. The van der Waals surface area contributed by atoms with Crippen molar-refractivity contribution in [2.24, 2.45) is 5.73 Å². The van der Waals surface area contributed by atoms with Crippen molar-refractivity contribution in [1.82, 2.24) is 0 Å². The summed E-state index contributed by atoms with van der Waals surface area (Å²) in [5.41, 5.74) is 5.25. The molecule has 0 heterocycles. The molecule has 0 rings (SSSR count). The molecule has 8 heteroatoms. The van der Waals surface area contributed by atoms with Crippen LogP contribution in [0.1, 0.15) is 0 Å². The van der Waals surface area contributed by atoms with Gasteiger partial charge in [-0.05, 0) is 0 Å². The van der Waals surface area contributed by atoms with E-state index in [1.54, 1.807) is 0 Å². The molecule has 2 N–H and O–H groups in total. The number of rotatable bonds is 6. The fraction of sp³-hybridized carbons (Fsp3) is 1.00. The van der Waals surface area contributed by atoms with E-state index in [0.717, 1.165) is 0 Å². The van der Waals surface area contributed by atoms with Crippen molar-refractivity contribution in [2.75, 3.05) is 26.9 Å². The largest absolute Gasteiger partial charge is 0.455 e. The maximum Gasteiger partial charge on any atom is 0.455 e. The first-order chi connectivity index (χ1) is 6.70. The maximum atomic E-state index is 12.2. The van der Waals surface area contributed by atoms with Gasteiger partial charge in [-0.25, -0.2) is 0 Å². The molecule has 0 aromatic heterocycles. The van der Waals surface area contributed by atoms with Crippen molar-refractivity contribution in [3.05, 3.63) is 0 Å². The summed E-state index contributed by atoms with van der Waals surface area (Å²) in [6.45, 7) is -2.12. The monoisotopic (exact) mass is 237 g/mol. The first kappa shape index (κ1) is 14.5. The van der Waals surface area contributed by atoms with Gasteiger partial charge in [-0.15, -0.1) is 0 Å². The number of alkyl halides is 5. The van der Waals surface area contributed by atoms with Gasteiger partial charge in [-0.1, -0.05) is 0 Å². The summed E-state index contributed by atoms with van der Waals surface area (Å²) in [7, 11) is 1.32. The molecule has 0 radical (unpaired) electrons. The van der Waals surface area contributed by atoms with E-state index in [0.29, 0.717) is 0 Å². The lowest BCUT2D eigenvalue weighted by Gasteiger charge is -2.20. The van der Waals surface area contributed by atoms with Gasteiger partial charge >= 0.3 is 12.1 Å². The molecule has 92 valence electrons. The molecule has 0 aliphatic rings. The Hall–Kier alpha value is -0.470. The number of ether oxygens (including phenoxy) is 2. The zero-order valence-electron chi connectivity index (χ0n) is 7.98. The van der Waals surface area contributed by atoms with Crippen molar-refractivity contribution in [1.29, 1.82) is 0 Å². The predicted molar refractivity (Wildman–Crippen MR) is 41.7 cm³/mol. The van der Waals surface area contributed by atoms with Crippen LogP contribution in [-0.4, -0.2) is 45.1 Å². The van der Waals surface area contributed by atoms with Crippen LogP contribution in [0, 0.1) is 0 Å². The van der Waals surface area contributed by atoms with Crippen LogP contribution < -0.4 is 5.73 Å². The Morgan fingerprint density at radius 3 is 2.07 bits per heavy atom. The summed E-state index contributed by atoms with van der Waals surface area (Å²) in [6, 6.07) is -0.723. The molecule has 0 aromatic carbocycles. The molecule has 0 bridgehead atoms. The highest BCUT2D eigenvalue weighted by atomic mass is 19.4. The molecule has 0 aliphatic heterocycles. The molecule has 1 unspecified atom stereocenters. The van der Waals surface area contributed by atoms with Gasteiger partial charge in [0, 0.05) is 7.11 Å². The van der Waals surface area contributed by atoms with Crippen LogP contribution in [-0.2, 0) is 9.47 Å². The van der Waals surface area contributed by atoms with Crippen molar-refractivity contribution in [3.63, 3.8) is 0 Å². The minimum Gasteiger partial charge on any atom is -0.383 e. The van der Waals surface area contributed by atoms with Crippen molar-refractivity contribution >= 4 is 0 Å². The van der Waals surface area contributed by atoms with Gasteiger partial charge in [-0.3, -0.25) is 0 Å². The fourth-order valence-electron chi connectivity index (χ4n) is 0.683. The van der Waals surface area contributed by atoms with Crippen molar-refractivity contribution in [2.45, 2.75) is 18.1 Å². The summed E-state index contributed by atoms with van der Waals surface area (Å²) in [5.74, 6) is -4.85. The number of nitrogens with two attached hydrogens (primary N) is 1. The summed E-state index contributed by atoms with van der Waals surface area (Å²) in [6.07, 6.45) is -5.60. The van der Waals surface area contributed by atoms with Gasteiger partial charge in [-0.2, -0.15) is 22.0 Å². The molecule has 0 aromatic rings. The number of hydrogen-bond acceptors (Lipinski definition) is 3. The van der Waals surface area contributed by atoms with Gasteiger partial charge in [0.1, 0.15) is 6.61 Å². The van der Waals surface area contributed by atoms with E-state index in [2.05, 4.69) is 9.47 Å². The molecule has 0 aliphatic carbocycles. The number of hydrogen-bond donors (Lipinski definition) is 1. The lowest BCUT2D eigenvalue weighted by atomic mass is 10.3. The highest BCUT2D eigenvalue weighted by Crippen LogP contribution is 2.35. The Kier molecular flexibility index (Phi) is 5.39. The normalized spacial score (nSPS) is 15.4. The van der Waals surface area contributed by atoms with Crippen LogP contribution in [0.25, 0.3) is 0 Å². The van der Waals surface area contributed by atoms with Gasteiger partial charge in [0.2, 0.25) is 0 Å². The standard InChI is InChI=1S/C7H12F5NO2/c1-14-2-5(13)3-15-4-6(8,9)7(10,11)12/h5H,2-4,13H2,1H3. The Balaban J connectivity index is 3.85. The van der Waals surface area contributed by atoms with Crippen LogP contribution in [0.3, 0.4) is 0 Å². The van der Waals surface area contributed by atoms with Crippen LogP contribution >= 0.6 is 0 Å². The topological polar surface area (TPSA) is 44.5 Å². The molecule has 0 fully saturated rings. The summed E-state index contributed by atoms with van der Waals surface area (Å²) >= 11 is 0. The van der Waals surface area contributed by atoms with E-state index in [1.165, 1.54) is 7.11 Å². The van der Waals surface area contributed by atoms with E-state index in [-0.39, 0.29) is 6.61 Å². The van der Waals surface area contributed by atoms with Crippen LogP contribution in [0.5, 0.6) is 0 Å². The van der Waals surface area contributed by atoms with Gasteiger partial charge in [0.25, 0.3) is 0 Å². The maximum absolute atomic E-state index is 12.2. The summed E-state index contributed by atoms with van der Waals surface area (Å²) < 4.78 is 68.1. The second-order valence-electron chi connectivity index (χ2n) is 2.93. The zero-order valence-corrected chi connectivity index (χ0v) is 7.98. The molecular formula is C7H12F5NO2. The van der Waals surface area contributed by atoms with E-state index >= 15 is 0 Å². The summed E-state index contributed by atoms with van der Waals surface area (Å²) in [4.78, 5) is 0. The average molecular weight is 237 g/mol. The lowest BCUT2D eigenvalue weighted by Crippen LogP contribution is -2.42. The number of methoxy groups -OCH3 is 1. The van der Waals surface area contributed by atoms with E-state index < -0.39 is 31.4 Å². The van der Waals surface area contributed by atoms with Crippen LogP contribution in [0.15, 0.2) is 0 Å². The van der Waals surface area contributed by atoms with Crippen LogP contribution in [0.4, 0.5) is 22.0 Å². The highest BCUT2D eigenvalue weighted by Gasteiger charge is 2.57. The number of halogens is 5. The van der Waals surface area contributed by atoms with E-state index in [9.17, 15) is 22.0 Å².